The first-order valence-corrected chi connectivity index (χ1v) is 21.2. The van der Waals surface area contributed by atoms with Crippen molar-refractivity contribution in [3.8, 4) is 0 Å². The maximum Gasteiger partial charge on any atom is 0.417 e. The van der Waals surface area contributed by atoms with Crippen molar-refractivity contribution in [2.75, 3.05) is 6.54 Å². The van der Waals surface area contributed by atoms with Crippen LogP contribution < -0.4 is 5.14 Å². The van der Waals surface area contributed by atoms with Crippen LogP contribution in [0.5, 0.6) is 0 Å². The molecule has 3 aliphatic heterocycles. The lowest BCUT2D eigenvalue weighted by Gasteiger charge is -2.46. The Morgan fingerprint density at radius 1 is 1.00 bits per heavy atom. The van der Waals surface area contributed by atoms with Gasteiger partial charge in [0, 0.05) is 34.8 Å². The molecule has 2 aromatic rings. The maximum atomic E-state index is 14.6. The predicted octanol–water partition coefficient (Wildman–Crippen LogP) is 4.43. The molecule has 2 saturated heterocycles. The molecule has 0 aromatic heterocycles. The smallest absolute Gasteiger partial charge is 0.417 e. The number of carbonyl (C=O) groups excluding carboxylic acids is 5. The maximum absolute atomic E-state index is 14.6. The first-order valence-electron chi connectivity index (χ1n) is 18.8. The third-order valence-electron chi connectivity index (χ3n) is 9.76. The summed E-state index contributed by atoms with van der Waals surface area (Å²) in [5, 5.41) is 26.3. The van der Waals surface area contributed by atoms with E-state index in [0.29, 0.717) is 16.0 Å². The predicted molar refractivity (Wildman–Crippen MR) is 212 cm³/mol. The van der Waals surface area contributed by atoms with Crippen LogP contribution in [0.1, 0.15) is 72.9 Å². The molecule has 18 nitrogen and oxygen atoms in total. The summed E-state index contributed by atoms with van der Waals surface area (Å²) >= 11 is 1.17. The Morgan fingerprint density at radius 2 is 1.58 bits per heavy atom. The van der Waals surface area contributed by atoms with Crippen LogP contribution in [0, 0.1) is 22.0 Å². The number of likely N-dealkylation sites (tertiary alicyclic amines) is 1. The lowest BCUT2D eigenvalue weighted by atomic mass is 9.79. The Bertz CT molecular complexity index is 2150. The zero-order chi connectivity index (χ0) is 43.9. The molecule has 0 radical (unpaired) electrons. The molecule has 3 heterocycles. The number of β-lactam (4-membered cyclic amide) rings is 1. The van der Waals surface area contributed by atoms with Crippen LogP contribution in [-0.4, -0.2) is 104 Å². The quantitative estimate of drug-likeness (QED) is 0.104. The number of hydrogen-bond donors (Lipinski definition) is 2. The van der Waals surface area contributed by atoms with Gasteiger partial charge in [-0.05, 0) is 90.3 Å². The van der Waals surface area contributed by atoms with Crippen molar-refractivity contribution in [1.29, 1.82) is 0 Å². The van der Waals surface area contributed by atoms with Gasteiger partial charge in [0.1, 0.15) is 29.5 Å². The Balaban J connectivity index is 1.48. The standard InChI is InChI=1S/C39H49N5O13S2/c1-21-30-29(22(2)45)34(47)43(30)31(35(48)55-20-24-9-13-25(14-10-24)44(51)52)32(21)58-26-17-28(41(19-26)36(49)56-38(3,4)5)33(46)42(37(50)57-39(6,7)8)18-23-11-15-27(16-12-23)59(40,53)54/h9-16,21-22,26,28-30,45H,17-20H2,1-8H3,(H2,40,53,54)/t21-,22?,26+,28?,29-,30-/m1/s1. The zero-order valence-corrected chi connectivity index (χ0v) is 35.6. The van der Waals surface area contributed by atoms with Gasteiger partial charge in [0.25, 0.3) is 11.6 Å². The molecule has 0 saturated carbocycles. The van der Waals surface area contributed by atoms with Crippen LogP contribution in [0.15, 0.2) is 64.0 Å². The largest absolute Gasteiger partial charge is 0.456 e. The van der Waals surface area contributed by atoms with Gasteiger partial charge < -0.3 is 24.2 Å². The molecule has 3 N–H and O–H groups in total. The number of aliphatic hydroxyl groups excluding tert-OH is 1. The van der Waals surface area contributed by atoms with Gasteiger partial charge >= 0.3 is 18.2 Å². The molecule has 2 unspecified atom stereocenters. The fourth-order valence-electron chi connectivity index (χ4n) is 7.12. The van der Waals surface area contributed by atoms with Crippen molar-refractivity contribution >= 4 is 57.4 Å². The van der Waals surface area contributed by atoms with E-state index >= 15 is 0 Å². The second kappa shape index (κ2) is 16.9. The van der Waals surface area contributed by atoms with E-state index in [2.05, 4.69) is 0 Å². The number of thioether (sulfide) groups is 1. The Labute approximate surface area is 346 Å². The van der Waals surface area contributed by atoms with E-state index < -0.39 is 91.4 Å². The topological polar surface area (TPSA) is 246 Å². The molecule has 6 atom stereocenters. The fraction of sp³-hybridized carbons (Fsp3) is 0.513. The highest BCUT2D eigenvalue weighted by Gasteiger charge is 2.61. The summed E-state index contributed by atoms with van der Waals surface area (Å²) in [4.78, 5) is 83.5. The highest BCUT2D eigenvalue weighted by atomic mass is 32.2. The van der Waals surface area contributed by atoms with Crippen LogP contribution in [0.25, 0.3) is 0 Å². The Morgan fingerprint density at radius 3 is 2.10 bits per heavy atom. The minimum absolute atomic E-state index is 0.0355. The molecule has 3 aliphatic rings. The highest BCUT2D eigenvalue weighted by Crippen LogP contribution is 2.52. The minimum Gasteiger partial charge on any atom is -0.456 e. The van der Waals surface area contributed by atoms with Gasteiger partial charge in [-0.15, -0.1) is 11.8 Å². The number of nitro groups is 1. The summed E-state index contributed by atoms with van der Waals surface area (Å²) in [7, 11) is -4.03. The first-order chi connectivity index (χ1) is 27.3. The van der Waals surface area contributed by atoms with Crippen LogP contribution in [0.4, 0.5) is 15.3 Å². The SMILES string of the molecule is CC(O)[C@H]1C(=O)N2C(C(=O)OCc3ccc([N+](=O)[O-])cc3)=C(S[C@H]3CC(C(=O)N(Cc4ccc(S(N)(=O)=O)cc4)C(=O)OC(C)(C)C)N(C(=O)OC(C)(C)C)C3)[C@H](C)[C@H]12. The number of esters is 1. The monoisotopic (exact) mass is 859 g/mol. The number of nitrogens with zero attached hydrogens (tertiary/aromatic N) is 4. The van der Waals surface area contributed by atoms with Crippen LogP contribution in [0.2, 0.25) is 0 Å². The molecule has 5 rings (SSSR count). The van der Waals surface area contributed by atoms with Crippen LogP contribution in [-0.2, 0) is 51.8 Å². The van der Waals surface area contributed by atoms with Crippen molar-refractivity contribution < 1.29 is 56.6 Å². The average Bonchev–Trinajstić information content (AvgIpc) is 3.64. The number of rotatable bonds is 11. The molecular formula is C39H49N5O13S2. The molecule has 20 heteroatoms. The second-order valence-corrected chi connectivity index (χ2v) is 19.6. The Kier molecular flexibility index (Phi) is 12.9. The van der Waals surface area contributed by atoms with E-state index in [-0.39, 0.29) is 42.4 Å². The number of nitro benzene ring substituents is 1. The number of hydrogen-bond acceptors (Lipinski definition) is 14. The van der Waals surface area contributed by atoms with Crippen molar-refractivity contribution in [3.05, 3.63) is 80.4 Å². The number of non-ortho nitro benzene ring substituents is 1. The lowest BCUT2D eigenvalue weighted by Crippen LogP contribution is -2.63. The molecule has 0 aliphatic carbocycles. The van der Waals surface area contributed by atoms with Gasteiger partial charge in [-0.3, -0.25) is 24.6 Å². The third-order valence-corrected chi connectivity index (χ3v) is 12.2. The summed E-state index contributed by atoms with van der Waals surface area (Å²) in [6.07, 6.45) is -2.93. The van der Waals surface area contributed by atoms with Gasteiger partial charge in [0.2, 0.25) is 15.9 Å². The van der Waals surface area contributed by atoms with E-state index in [1.807, 2.05) is 0 Å². The number of sulfonamides is 1. The third kappa shape index (κ3) is 10.2. The van der Waals surface area contributed by atoms with Crippen LogP contribution in [0.3, 0.4) is 0 Å². The highest BCUT2D eigenvalue weighted by molar-refractivity contribution is 8.03. The molecule has 2 fully saturated rings. The summed E-state index contributed by atoms with van der Waals surface area (Å²) in [5.74, 6) is -3.43. The molecule has 59 heavy (non-hydrogen) atoms. The molecule has 0 bridgehead atoms. The number of amides is 4. The number of carbonyl (C=O) groups is 5. The molecule has 4 amide bonds. The van der Waals surface area contributed by atoms with Gasteiger partial charge in [-0.1, -0.05) is 19.1 Å². The number of fused-ring (bicyclic) bond motifs is 1. The van der Waals surface area contributed by atoms with E-state index in [1.54, 1.807) is 48.5 Å². The zero-order valence-electron chi connectivity index (χ0n) is 33.9. The number of ether oxygens (including phenoxy) is 3. The number of primary sulfonamides is 1. The summed E-state index contributed by atoms with van der Waals surface area (Å²) in [6.45, 7) is 12.4. The molecule has 0 spiro atoms. The Hall–Kier alpha value is -5.05. The molecule has 2 aromatic carbocycles. The fourth-order valence-corrected chi connectivity index (χ4v) is 9.15. The molecular weight excluding hydrogens is 811 g/mol. The average molecular weight is 860 g/mol. The number of aliphatic hydroxyl groups is 1. The van der Waals surface area contributed by atoms with E-state index in [0.717, 1.165) is 4.90 Å². The summed E-state index contributed by atoms with van der Waals surface area (Å²) in [5.41, 5.74) is -1.39. The lowest BCUT2D eigenvalue weighted by molar-refractivity contribution is -0.384. The summed E-state index contributed by atoms with van der Waals surface area (Å²) in [6, 6.07) is 8.81. The van der Waals surface area contributed by atoms with Crippen molar-refractivity contribution in [1.82, 2.24) is 14.7 Å². The molecule has 320 valence electrons. The van der Waals surface area contributed by atoms with Crippen molar-refractivity contribution in [2.24, 2.45) is 17.0 Å². The number of imide groups is 1. The first kappa shape index (κ1) is 45.0. The van der Waals surface area contributed by atoms with E-state index in [1.165, 1.54) is 77.0 Å². The van der Waals surface area contributed by atoms with Crippen LogP contribution >= 0.6 is 11.8 Å². The number of nitrogens with two attached hydrogens (primary N) is 1. The van der Waals surface area contributed by atoms with Gasteiger partial charge in [0.05, 0.1) is 34.4 Å². The van der Waals surface area contributed by atoms with E-state index in [9.17, 15) is 47.6 Å². The van der Waals surface area contributed by atoms with Gasteiger partial charge in [-0.25, -0.2) is 32.8 Å². The normalized spacial score (nSPS) is 22.3. The summed E-state index contributed by atoms with van der Waals surface area (Å²) < 4.78 is 40.7. The van der Waals surface area contributed by atoms with Crippen molar-refractivity contribution in [2.45, 2.75) is 114 Å². The minimum atomic E-state index is -4.03. The van der Waals surface area contributed by atoms with E-state index in [4.69, 9.17) is 19.3 Å². The second-order valence-electron chi connectivity index (χ2n) is 16.7. The number of benzene rings is 2. The van der Waals surface area contributed by atoms with Crippen molar-refractivity contribution in [3.63, 3.8) is 0 Å². The van der Waals surface area contributed by atoms with Gasteiger partial charge in [0.15, 0.2) is 0 Å². The van der Waals surface area contributed by atoms with Gasteiger partial charge in [-0.2, -0.15) is 0 Å².